The average molecular weight is 200 g/mol. The third-order valence-electron chi connectivity index (χ3n) is 1.79. The van der Waals surface area contributed by atoms with Gasteiger partial charge in [0.05, 0.1) is 0 Å². The van der Waals surface area contributed by atoms with Gasteiger partial charge in [-0.3, -0.25) is 0 Å². The Bertz CT molecular complexity index is 220. The lowest BCUT2D eigenvalue weighted by Crippen LogP contribution is -2.23. The molecule has 0 fully saturated rings. The van der Waals surface area contributed by atoms with Crippen molar-refractivity contribution in [1.29, 1.82) is 0 Å². The maximum absolute atomic E-state index is 5.97. The van der Waals surface area contributed by atoms with Crippen LogP contribution in [0.1, 0.15) is 27.7 Å². The summed E-state index contributed by atoms with van der Waals surface area (Å²) in [6, 6.07) is 0. The lowest BCUT2D eigenvalue weighted by molar-refractivity contribution is 0.588. The minimum atomic E-state index is -0.167. The lowest BCUT2D eigenvalue weighted by atomic mass is 10.2. The fourth-order valence-electron chi connectivity index (χ4n) is 0.853. The normalized spacial score (nSPS) is 11.5. The molecule has 0 spiro atoms. The summed E-state index contributed by atoms with van der Waals surface area (Å²) in [7, 11) is -0.167. The van der Waals surface area contributed by atoms with Crippen LogP contribution in [0.4, 0.5) is 0 Å². The van der Waals surface area contributed by atoms with Crippen LogP contribution in [0, 0.1) is 17.5 Å². The highest BCUT2D eigenvalue weighted by molar-refractivity contribution is 7.90. The van der Waals surface area contributed by atoms with E-state index in [0.717, 1.165) is 17.3 Å². The van der Waals surface area contributed by atoms with E-state index in [-0.39, 0.29) is 10.3 Å². The summed E-state index contributed by atoms with van der Waals surface area (Å²) in [5.74, 6) is 2.05. The van der Waals surface area contributed by atoms with E-state index < -0.39 is 0 Å². The number of hydrogen-bond donors (Lipinski definition) is 1. The summed E-state index contributed by atoms with van der Waals surface area (Å²) in [5, 5.41) is 3.35. The van der Waals surface area contributed by atoms with Crippen molar-refractivity contribution in [2.45, 2.75) is 27.7 Å². The Kier molecular flexibility index (Phi) is 6.23. The first-order valence-electron chi connectivity index (χ1n) is 4.80. The van der Waals surface area contributed by atoms with Crippen molar-refractivity contribution >= 4 is 10.3 Å². The molecule has 0 saturated heterocycles. The fraction of sp³-hybridized carbons (Fsp3) is 0.727. The summed E-state index contributed by atoms with van der Waals surface area (Å²) in [5.41, 5.74) is 5.97. The molecule has 13 heavy (non-hydrogen) atoms. The van der Waals surface area contributed by atoms with Crippen LogP contribution in [0.2, 0.25) is 0 Å². The molecular weight excluding hydrogens is 178 g/mol. The Morgan fingerprint density at radius 1 is 1.38 bits per heavy atom. The second-order valence-electron chi connectivity index (χ2n) is 4.04. The first-order valence-corrected chi connectivity index (χ1v) is 6.25. The predicted molar refractivity (Wildman–Crippen MR) is 64.0 cm³/mol. The minimum Gasteiger partial charge on any atom is -0.421 e. The summed E-state index contributed by atoms with van der Waals surface area (Å²) < 4.78 is 0. The molecule has 0 radical (unpaired) electrons. The Hall–Kier alpha value is -0.170. The van der Waals surface area contributed by atoms with Crippen molar-refractivity contribution in [2.75, 3.05) is 12.4 Å². The van der Waals surface area contributed by atoms with Crippen molar-refractivity contribution in [3.63, 3.8) is 0 Å². The first-order chi connectivity index (χ1) is 5.95. The zero-order chi connectivity index (χ0) is 10.4. The highest BCUT2D eigenvalue weighted by atomic mass is 32.2. The van der Waals surface area contributed by atoms with E-state index in [1.807, 2.05) is 0 Å². The second-order valence-corrected chi connectivity index (χ2v) is 5.71. The zero-order valence-corrected chi connectivity index (χ0v) is 10.1. The fourth-order valence-corrected chi connectivity index (χ4v) is 1.98. The molecule has 0 aromatic heterocycles. The SMILES string of the molecule is C#[S-](CNCC(C)C)C(=C)C(C)C. The van der Waals surface area contributed by atoms with Crippen molar-refractivity contribution in [3.8, 4) is 5.69 Å². The van der Waals surface area contributed by atoms with Crippen LogP contribution in [-0.2, 0) is 10.3 Å². The van der Waals surface area contributed by atoms with Crippen molar-refractivity contribution in [1.82, 2.24) is 5.32 Å². The molecule has 1 N–H and O–H groups in total. The molecule has 0 rings (SSSR count). The number of rotatable bonds is 4. The average Bonchev–Trinajstić information content (AvgIpc) is 2.02. The Balaban J connectivity index is 3.72. The molecular formula is C11H22NS-. The minimum absolute atomic E-state index is 0.167. The Labute approximate surface area is 85.2 Å². The molecule has 0 aliphatic rings. The highest BCUT2D eigenvalue weighted by Crippen LogP contribution is 2.09. The smallest absolute Gasteiger partial charge is 0.00456 e. The van der Waals surface area contributed by atoms with Crippen molar-refractivity contribution in [2.24, 2.45) is 11.8 Å². The lowest BCUT2D eigenvalue weighted by Gasteiger charge is -2.25. The van der Waals surface area contributed by atoms with E-state index in [2.05, 4.69) is 39.6 Å². The molecule has 0 heterocycles. The van der Waals surface area contributed by atoms with E-state index in [4.69, 9.17) is 5.69 Å². The maximum atomic E-state index is 5.97. The van der Waals surface area contributed by atoms with Gasteiger partial charge >= 0.3 is 0 Å². The highest BCUT2D eigenvalue weighted by Gasteiger charge is 1.93. The summed E-state index contributed by atoms with van der Waals surface area (Å²) in [6.07, 6.45) is 0. The third kappa shape index (κ3) is 5.98. The number of allylic oxidation sites excluding steroid dienone is 1. The topological polar surface area (TPSA) is 12.0 Å². The maximum Gasteiger partial charge on any atom is -0.00456 e. The molecule has 0 atom stereocenters. The number of nitrogens with one attached hydrogen (secondary N) is 1. The van der Waals surface area contributed by atoms with Gasteiger partial charge in [0.1, 0.15) is 0 Å². The number of hydrogen-bond acceptors (Lipinski definition) is 2. The molecule has 78 valence electrons. The molecule has 0 aliphatic carbocycles. The van der Waals surface area contributed by atoms with Crippen molar-refractivity contribution < 1.29 is 0 Å². The van der Waals surface area contributed by atoms with Gasteiger partial charge in [0.25, 0.3) is 0 Å². The largest absolute Gasteiger partial charge is 0.421 e. The molecule has 0 aromatic carbocycles. The van der Waals surface area contributed by atoms with Crippen LogP contribution in [0.5, 0.6) is 0 Å². The van der Waals surface area contributed by atoms with Crippen LogP contribution in [-0.4, -0.2) is 12.4 Å². The Morgan fingerprint density at radius 3 is 2.31 bits per heavy atom. The molecule has 0 aliphatic heterocycles. The van der Waals surface area contributed by atoms with E-state index in [9.17, 15) is 0 Å². The summed E-state index contributed by atoms with van der Waals surface area (Å²) in [4.78, 5) is 1.16. The molecule has 0 amide bonds. The monoisotopic (exact) mass is 200 g/mol. The van der Waals surface area contributed by atoms with E-state index >= 15 is 0 Å². The molecule has 1 nitrogen and oxygen atoms in total. The van der Waals surface area contributed by atoms with Gasteiger partial charge in [0.15, 0.2) is 0 Å². The van der Waals surface area contributed by atoms with Gasteiger partial charge in [-0.05, 0) is 18.4 Å². The van der Waals surface area contributed by atoms with Crippen LogP contribution in [0.15, 0.2) is 11.5 Å². The van der Waals surface area contributed by atoms with Gasteiger partial charge < -0.3 is 21.3 Å². The zero-order valence-electron chi connectivity index (χ0n) is 9.26. The molecule has 0 unspecified atom stereocenters. The third-order valence-corrected chi connectivity index (χ3v) is 3.45. The van der Waals surface area contributed by atoms with E-state index in [0.29, 0.717) is 11.8 Å². The predicted octanol–water partition coefficient (Wildman–Crippen LogP) is 2.57. The second kappa shape index (κ2) is 6.31. The van der Waals surface area contributed by atoms with Crippen LogP contribution in [0.25, 0.3) is 0 Å². The van der Waals surface area contributed by atoms with Crippen molar-refractivity contribution in [3.05, 3.63) is 11.5 Å². The van der Waals surface area contributed by atoms with Gasteiger partial charge in [-0.2, -0.15) is 4.91 Å². The van der Waals surface area contributed by atoms with E-state index in [1.54, 1.807) is 0 Å². The van der Waals surface area contributed by atoms with Gasteiger partial charge in [-0.25, -0.2) is 0 Å². The standard InChI is InChI=1S/C11H22NS/c1-9(2)7-12-8-13(6)11(5)10(3)4/h6,9-10,12H,5,7-8H2,1-4H3/q-1. The van der Waals surface area contributed by atoms with Gasteiger partial charge in [0.2, 0.25) is 0 Å². The van der Waals surface area contributed by atoms with E-state index in [1.165, 1.54) is 0 Å². The summed E-state index contributed by atoms with van der Waals surface area (Å²) >= 11 is 0. The molecule has 2 heteroatoms. The summed E-state index contributed by atoms with van der Waals surface area (Å²) in [6.45, 7) is 13.7. The quantitative estimate of drug-likeness (QED) is 0.688. The Morgan fingerprint density at radius 2 is 1.92 bits per heavy atom. The van der Waals surface area contributed by atoms with Gasteiger partial charge in [-0.15, -0.1) is 6.58 Å². The molecule has 0 aromatic rings. The molecule has 0 bridgehead atoms. The molecule has 0 saturated carbocycles. The van der Waals surface area contributed by atoms with Crippen LogP contribution in [0.3, 0.4) is 0 Å². The van der Waals surface area contributed by atoms with Crippen LogP contribution < -0.4 is 5.32 Å². The first kappa shape index (κ1) is 12.8. The van der Waals surface area contributed by atoms with Gasteiger partial charge in [0, 0.05) is 0 Å². The van der Waals surface area contributed by atoms with Gasteiger partial charge in [-0.1, -0.05) is 33.6 Å². The van der Waals surface area contributed by atoms with Crippen LogP contribution >= 0.6 is 0 Å².